The highest BCUT2D eigenvalue weighted by atomic mass is 16.4. The van der Waals surface area contributed by atoms with E-state index in [-0.39, 0.29) is 17.9 Å². The molecule has 2 fully saturated rings. The predicted octanol–water partition coefficient (Wildman–Crippen LogP) is -0.769. The van der Waals surface area contributed by atoms with Crippen LogP contribution in [0.2, 0.25) is 0 Å². The van der Waals surface area contributed by atoms with Gasteiger partial charge in [-0.1, -0.05) is 0 Å². The predicted molar refractivity (Wildman–Crippen MR) is 63.9 cm³/mol. The van der Waals surface area contributed by atoms with Crippen molar-refractivity contribution in [1.29, 1.82) is 0 Å². The molecule has 1 aliphatic carbocycles. The average molecular weight is 256 g/mol. The number of hydrogen-bond acceptors (Lipinski definition) is 4. The zero-order valence-electron chi connectivity index (χ0n) is 10.7. The molecule has 1 saturated carbocycles. The molecule has 0 aromatic heterocycles. The number of hydrogen-bond donors (Lipinski definition) is 2. The second-order valence-electron chi connectivity index (χ2n) is 5.58. The van der Waals surface area contributed by atoms with Gasteiger partial charge < -0.3 is 20.0 Å². The number of carboxylic acids is 1. The summed E-state index contributed by atoms with van der Waals surface area (Å²) < 4.78 is 0. The van der Waals surface area contributed by atoms with E-state index in [2.05, 4.69) is 0 Å². The van der Waals surface area contributed by atoms with Crippen molar-refractivity contribution >= 4 is 11.9 Å². The Morgan fingerprint density at radius 2 is 1.94 bits per heavy atom. The first-order chi connectivity index (χ1) is 8.40. The van der Waals surface area contributed by atoms with Gasteiger partial charge in [-0.15, -0.1) is 0 Å². The van der Waals surface area contributed by atoms with Crippen LogP contribution in [0, 0.1) is 11.8 Å². The lowest BCUT2D eigenvalue weighted by atomic mass is 10.2. The Balaban J connectivity index is 1.98. The van der Waals surface area contributed by atoms with E-state index in [4.69, 9.17) is 5.11 Å². The molecule has 2 aliphatic rings. The zero-order chi connectivity index (χ0) is 13.4. The number of β-amino-alcohol motifs (C(OH)–C–C–N with tert-alkyl or cyclic N) is 1. The number of carbonyl (C=O) groups is 2. The Bertz CT molecular complexity index is 358. The normalized spacial score (nSPS) is 35.0. The SMILES string of the molecule is CN(C)CC1CC(O)CN1C(=O)C1CC1C(=O)O. The second-order valence-corrected chi connectivity index (χ2v) is 5.58. The van der Waals surface area contributed by atoms with Crippen molar-refractivity contribution in [3.8, 4) is 0 Å². The molecule has 18 heavy (non-hydrogen) atoms. The largest absolute Gasteiger partial charge is 0.481 e. The van der Waals surface area contributed by atoms with Crippen molar-refractivity contribution in [1.82, 2.24) is 9.80 Å². The van der Waals surface area contributed by atoms with Gasteiger partial charge in [0.2, 0.25) is 5.91 Å². The fourth-order valence-electron chi connectivity index (χ4n) is 2.71. The number of carboxylic acid groups (broad SMARTS) is 1. The molecular weight excluding hydrogens is 236 g/mol. The molecule has 2 rings (SSSR count). The number of rotatable bonds is 4. The minimum atomic E-state index is -0.891. The maximum absolute atomic E-state index is 12.2. The van der Waals surface area contributed by atoms with Gasteiger partial charge in [-0.05, 0) is 26.9 Å². The molecule has 1 amide bonds. The standard InChI is InChI=1S/C12H20N2O4/c1-13(2)5-7-3-8(15)6-14(7)11(16)9-4-10(9)12(17)18/h7-10,15H,3-6H2,1-2H3,(H,17,18). The molecule has 1 saturated heterocycles. The summed E-state index contributed by atoms with van der Waals surface area (Å²) in [4.78, 5) is 26.6. The lowest BCUT2D eigenvalue weighted by Gasteiger charge is -2.27. The molecular formula is C12H20N2O4. The summed E-state index contributed by atoms with van der Waals surface area (Å²) in [5, 5.41) is 18.5. The van der Waals surface area contributed by atoms with E-state index in [0.717, 1.165) is 0 Å². The van der Waals surface area contributed by atoms with Crippen molar-refractivity contribution in [3.63, 3.8) is 0 Å². The number of nitrogens with zero attached hydrogens (tertiary/aromatic N) is 2. The first-order valence-corrected chi connectivity index (χ1v) is 6.26. The van der Waals surface area contributed by atoms with Crippen LogP contribution >= 0.6 is 0 Å². The zero-order valence-corrected chi connectivity index (χ0v) is 10.7. The molecule has 0 spiro atoms. The van der Waals surface area contributed by atoms with Gasteiger partial charge in [-0.25, -0.2) is 0 Å². The molecule has 4 atom stereocenters. The molecule has 1 aliphatic heterocycles. The Morgan fingerprint density at radius 3 is 2.44 bits per heavy atom. The number of aliphatic hydroxyl groups is 1. The van der Waals surface area contributed by atoms with Crippen molar-refractivity contribution in [2.24, 2.45) is 11.8 Å². The van der Waals surface area contributed by atoms with Gasteiger partial charge in [0.25, 0.3) is 0 Å². The van der Waals surface area contributed by atoms with Crippen LogP contribution < -0.4 is 0 Å². The second kappa shape index (κ2) is 4.85. The summed E-state index contributed by atoms with van der Waals surface area (Å²) in [5.74, 6) is -1.89. The molecule has 0 aromatic carbocycles. The summed E-state index contributed by atoms with van der Waals surface area (Å²) in [6.45, 7) is 1.04. The average Bonchev–Trinajstić information content (AvgIpc) is 2.97. The summed E-state index contributed by atoms with van der Waals surface area (Å²) in [5.41, 5.74) is 0. The molecule has 0 aromatic rings. The first-order valence-electron chi connectivity index (χ1n) is 6.26. The van der Waals surface area contributed by atoms with Gasteiger partial charge in [-0.3, -0.25) is 9.59 Å². The van der Waals surface area contributed by atoms with Gasteiger partial charge in [0, 0.05) is 19.1 Å². The third-order valence-corrected chi connectivity index (χ3v) is 3.68. The third-order valence-electron chi connectivity index (χ3n) is 3.68. The van der Waals surface area contributed by atoms with Gasteiger partial charge in [0.15, 0.2) is 0 Å². The van der Waals surface area contributed by atoms with Gasteiger partial charge in [-0.2, -0.15) is 0 Å². The van der Waals surface area contributed by atoms with Crippen molar-refractivity contribution < 1.29 is 19.8 Å². The third kappa shape index (κ3) is 2.64. The molecule has 2 N–H and O–H groups in total. The van der Waals surface area contributed by atoms with Gasteiger partial charge in [0.1, 0.15) is 0 Å². The summed E-state index contributed by atoms with van der Waals surface area (Å²) in [6.07, 6.45) is 0.532. The van der Waals surface area contributed by atoms with E-state index in [1.165, 1.54) is 0 Å². The van der Waals surface area contributed by atoms with Crippen LogP contribution in [-0.2, 0) is 9.59 Å². The summed E-state index contributed by atoms with van der Waals surface area (Å²) >= 11 is 0. The van der Waals surface area contributed by atoms with Crippen molar-refractivity contribution in [3.05, 3.63) is 0 Å². The number of amides is 1. The minimum absolute atomic E-state index is 0.00227. The highest BCUT2D eigenvalue weighted by Crippen LogP contribution is 2.41. The van der Waals surface area contributed by atoms with Crippen LogP contribution in [0.1, 0.15) is 12.8 Å². The number of aliphatic hydroxyl groups excluding tert-OH is 1. The van der Waals surface area contributed by atoms with Gasteiger partial charge >= 0.3 is 5.97 Å². The van der Waals surface area contributed by atoms with E-state index >= 15 is 0 Å². The Kier molecular flexibility index (Phi) is 3.59. The maximum atomic E-state index is 12.2. The molecule has 1 heterocycles. The summed E-state index contributed by atoms with van der Waals surface area (Å²) in [7, 11) is 3.84. The highest BCUT2D eigenvalue weighted by molar-refractivity contribution is 5.89. The number of carbonyl (C=O) groups excluding carboxylic acids is 1. The number of likely N-dealkylation sites (N-methyl/N-ethyl adjacent to an activating group) is 1. The Hall–Kier alpha value is -1.14. The Labute approximate surface area is 106 Å². The molecule has 6 nitrogen and oxygen atoms in total. The highest BCUT2D eigenvalue weighted by Gasteiger charge is 2.51. The molecule has 4 unspecified atom stereocenters. The quantitative estimate of drug-likeness (QED) is 0.690. The van der Waals surface area contributed by atoms with Crippen LogP contribution in [-0.4, -0.2) is 71.2 Å². The van der Waals surface area contributed by atoms with E-state index in [1.807, 2.05) is 19.0 Å². The Morgan fingerprint density at radius 1 is 1.28 bits per heavy atom. The number of aliphatic carboxylic acids is 1. The molecule has 0 radical (unpaired) electrons. The van der Waals surface area contributed by atoms with E-state index in [9.17, 15) is 14.7 Å². The van der Waals surface area contributed by atoms with Gasteiger partial charge in [0.05, 0.1) is 17.9 Å². The molecule has 0 bridgehead atoms. The van der Waals surface area contributed by atoms with Crippen LogP contribution in [0.5, 0.6) is 0 Å². The van der Waals surface area contributed by atoms with E-state index in [1.54, 1.807) is 4.90 Å². The lowest BCUT2D eigenvalue weighted by molar-refractivity contribution is -0.142. The first kappa shape index (κ1) is 13.3. The lowest BCUT2D eigenvalue weighted by Crippen LogP contribution is -2.42. The monoisotopic (exact) mass is 256 g/mol. The molecule has 102 valence electrons. The minimum Gasteiger partial charge on any atom is -0.481 e. The van der Waals surface area contributed by atoms with Crippen LogP contribution in [0.25, 0.3) is 0 Å². The fourth-order valence-corrected chi connectivity index (χ4v) is 2.71. The maximum Gasteiger partial charge on any atom is 0.307 e. The van der Waals surface area contributed by atoms with E-state index < -0.39 is 18.0 Å². The number of likely N-dealkylation sites (tertiary alicyclic amines) is 1. The summed E-state index contributed by atoms with van der Waals surface area (Å²) in [6, 6.07) is -0.00227. The van der Waals surface area contributed by atoms with Crippen molar-refractivity contribution in [2.75, 3.05) is 27.2 Å². The van der Waals surface area contributed by atoms with Crippen LogP contribution in [0.15, 0.2) is 0 Å². The van der Waals surface area contributed by atoms with Crippen LogP contribution in [0.4, 0.5) is 0 Å². The molecule has 6 heteroatoms. The van der Waals surface area contributed by atoms with Crippen LogP contribution in [0.3, 0.4) is 0 Å². The van der Waals surface area contributed by atoms with Crippen molar-refractivity contribution in [2.45, 2.75) is 25.0 Å². The smallest absolute Gasteiger partial charge is 0.307 e. The van der Waals surface area contributed by atoms with E-state index in [0.29, 0.717) is 25.9 Å². The topological polar surface area (TPSA) is 81.1 Å². The fraction of sp³-hybridized carbons (Fsp3) is 0.833.